The van der Waals surface area contributed by atoms with E-state index in [-0.39, 0.29) is 11.6 Å². The lowest BCUT2D eigenvalue weighted by atomic mass is 9.92. The van der Waals surface area contributed by atoms with Crippen molar-refractivity contribution in [3.8, 4) is 10.7 Å². The largest absolute Gasteiger partial charge is 0.345 e. The monoisotopic (exact) mass is 472 g/mol. The Morgan fingerprint density at radius 1 is 1.39 bits per heavy atom. The fraction of sp³-hybridized carbons (Fsp3) is 0.500. The van der Waals surface area contributed by atoms with E-state index in [0.29, 0.717) is 36.9 Å². The summed E-state index contributed by atoms with van der Waals surface area (Å²) >= 11 is 1.41. The molecule has 2 aliphatic rings. The van der Waals surface area contributed by atoms with Crippen LogP contribution in [0.2, 0.25) is 0 Å². The molecule has 0 aromatic carbocycles. The van der Waals surface area contributed by atoms with Gasteiger partial charge >= 0.3 is 0 Å². The Labute approximate surface area is 196 Å². The SMILES string of the molecule is CN=CC(NC(=O)c1cccc(-c2ncc(C3OCCO3)s2)n1)C(N)N1CCC(C)(C)C1=O. The van der Waals surface area contributed by atoms with Crippen molar-refractivity contribution < 1.29 is 19.1 Å². The van der Waals surface area contributed by atoms with E-state index in [1.807, 2.05) is 13.8 Å². The van der Waals surface area contributed by atoms with Crippen LogP contribution in [0.3, 0.4) is 0 Å². The lowest BCUT2D eigenvalue weighted by Crippen LogP contribution is -2.58. The van der Waals surface area contributed by atoms with Crippen molar-refractivity contribution in [1.82, 2.24) is 20.2 Å². The van der Waals surface area contributed by atoms with Crippen molar-refractivity contribution in [1.29, 1.82) is 0 Å². The molecular formula is C22H28N6O4S. The summed E-state index contributed by atoms with van der Waals surface area (Å²) in [4.78, 5) is 41.1. The third-order valence-electron chi connectivity index (χ3n) is 5.73. The predicted molar refractivity (Wildman–Crippen MR) is 124 cm³/mol. The highest BCUT2D eigenvalue weighted by Gasteiger charge is 2.42. The van der Waals surface area contributed by atoms with Crippen molar-refractivity contribution in [2.24, 2.45) is 16.1 Å². The molecule has 2 fully saturated rings. The van der Waals surface area contributed by atoms with Crippen LogP contribution in [0.1, 0.15) is 41.9 Å². The lowest BCUT2D eigenvalue weighted by Gasteiger charge is -2.31. The Balaban J connectivity index is 1.48. The first-order chi connectivity index (χ1) is 15.8. The first-order valence-electron chi connectivity index (χ1n) is 10.8. The maximum atomic E-state index is 13.0. The fourth-order valence-corrected chi connectivity index (χ4v) is 4.67. The van der Waals surface area contributed by atoms with Crippen molar-refractivity contribution in [2.75, 3.05) is 26.8 Å². The van der Waals surface area contributed by atoms with Gasteiger partial charge in [-0.15, -0.1) is 11.3 Å². The standard InChI is InChI=1S/C22H28N6O4S/c1-22(2)7-8-28(21(22)30)17(23)15(11-24-3)27-18(29)13-5-4-6-14(26-13)19-25-12-16(33-19)20-31-9-10-32-20/h4-6,11-12,15,17,20H,7-10,23H2,1-3H3,(H,27,29). The van der Waals surface area contributed by atoms with Gasteiger partial charge in [0.25, 0.3) is 5.91 Å². The number of hydrogen-bond acceptors (Lipinski definition) is 9. The van der Waals surface area contributed by atoms with Crippen molar-refractivity contribution >= 4 is 29.4 Å². The second-order valence-corrected chi connectivity index (χ2v) is 9.64. The minimum Gasteiger partial charge on any atom is -0.345 e. The minimum absolute atomic E-state index is 0.0336. The Morgan fingerprint density at radius 3 is 2.82 bits per heavy atom. The summed E-state index contributed by atoms with van der Waals surface area (Å²) in [6.07, 6.45) is 2.81. The van der Waals surface area contributed by atoms with E-state index in [2.05, 4.69) is 20.3 Å². The van der Waals surface area contributed by atoms with Crippen LogP contribution in [0.4, 0.5) is 0 Å². The highest BCUT2D eigenvalue weighted by Crippen LogP contribution is 2.33. The molecule has 2 saturated heterocycles. The molecule has 2 aromatic heterocycles. The van der Waals surface area contributed by atoms with Gasteiger partial charge in [0.05, 0.1) is 29.8 Å². The van der Waals surface area contributed by atoms with Gasteiger partial charge in [-0.05, 0) is 18.6 Å². The normalized spacial score (nSPS) is 20.5. The van der Waals surface area contributed by atoms with E-state index in [1.54, 1.807) is 42.6 Å². The number of carbonyl (C=O) groups is 2. The molecule has 2 unspecified atom stereocenters. The Bertz CT molecular complexity index is 1050. The van der Waals surface area contributed by atoms with E-state index in [1.165, 1.54) is 11.3 Å². The van der Waals surface area contributed by atoms with Gasteiger partial charge in [-0.25, -0.2) is 9.97 Å². The number of nitrogens with one attached hydrogen (secondary N) is 1. The maximum Gasteiger partial charge on any atom is 0.270 e. The van der Waals surface area contributed by atoms with Gasteiger partial charge in [0.1, 0.15) is 16.9 Å². The molecule has 4 rings (SSSR count). The van der Waals surface area contributed by atoms with Crippen LogP contribution in [0.25, 0.3) is 10.7 Å². The number of aliphatic imine (C=N–C) groups is 1. The first-order valence-corrected chi connectivity index (χ1v) is 11.6. The van der Waals surface area contributed by atoms with E-state index in [9.17, 15) is 9.59 Å². The average Bonchev–Trinajstić information content (AvgIpc) is 3.54. The average molecular weight is 473 g/mol. The maximum absolute atomic E-state index is 13.0. The summed E-state index contributed by atoms with van der Waals surface area (Å²) < 4.78 is 11.0. The third kappa shape index (κ3) is 4.96. The van der Waals surface area contributed by atoms with Crippen LogP contribution in [-0.4, -0.2) is 71.9 Å². The Kier molecular flexibility index (Phi) is 6.84. The number of amides is 2. The van der Waals surface area contributed by atoms with Crippen LogP contribution >= 0.6 is 11.3 Å². The summed E-state index contributed by atoms with van der Waals surface area (Å²) in [5.74, 6) is -0.448. The van der Waals surface area contributed by atoms with E-state index in [0.717, 1.165) is 4.88 Å². The molecule has 2 atom stereocenters. The molecule has 0 saturated carbocycles. The van der Waals surface area contributed by atoms with Gasteiger partial charge < -0.3 is 25.4 Å². The molecule has 0 aliphatic carbocycles. The number of nitrogens with two attached hydrogens (primary N) is 1. The van der Waals surface area contributed by atoms with E-state index in [4.69, 9.17) is 15.2 Å². The molecule has 33 heavy (non-hydrogen) atoms. The van der Waals surface area contributed by atoms with E-state index < -0.39 is 29.8 Å². The molecule has 4 heterocycles. The summed E-state index contributed by atoms with van der Waals surface area (Å²) in [5.41, 5.74) is 6.69. The number of thiazole rings is 1. The third-order valence-corrected chi connectivity index (χ3v) is 6.77. The summed E-state index contributed by atoms with van der Waals surface area (Å²) in [6.45, 7) is 5.43. The Morgan fingerprint density at radius 2 is 2.15 bits per heavy atom. The van der Waals surface area contributed by atoms with Gasteiger partial charge in [0.2, 0.25) is 5.91 Å². The number of rotatable bonds is 7. The predicted octanol–water partition coefficient (Wildman–Crippen LogP) is 1.59. The number of carbonyl (C=O) groups excluding carboxylic acids is 2. The second-order valence-electron chi connectivity index (χ2n) is 8.58. The smallest absolute Gasteiger partial charge is 0.270 e. The van der Waals surface area contributed by atoms with Gasteiger partial charge in [-0.3, -0.25) is 14.6 Å². The zero-order chi connectivity index (χ0) is 23.6. The van der Waals surface area contributed by atoms with Gasteiger partial charge in [-0.1, -0.05) is 19.9 Å². The van der Waals surface area contributed by atoms with Crippen molar-refractivity contribution in [3.05, 3.63) is 35.0 Å². The van der Waals surface area contributed by atoms with Gasteiger partial charge in [-0.2, -0.15) is 0 Å². The molecule has 176 valence electrons. The molecule has 0 bridgehead atoms. The molecule has 10 nitrogen and oxygen atoms in total. The number of pyridine rings is 1. The second kappa shape index (κ2) is 9.64. The zero-order valence-electron chi connectivity index (χ0n) is 18.9. The van der Waals surface area contributed by atoms with Crippen LogP contribution in [0.5, 0.6) is 0 Å². The fourth-order valence-electron chi connectivity index (χ4n) is 3.79. The topological polar surface area (TPSA) is 132 Å². The zero-order valence-corrected chi connectivity index (χ0v) is 19.7. The van der Waals surface area contributed by atoms with Crippen molar-refractivity contribution in [2.45, 2.75) is 38.8 Å². The number of hydrogen-bond donors (Lipinski definition) is 2. The molecule has 2 aromatic rings. The van der Waals surface area contributed by atoms with Crippen LogP contribution < -0.4 is 11.1 Å². The number of nitrogens with zero attached hydrogens (tertiary/aromatic N) is 4. The van der Waals surface area contributed by atoms with Crippen LogP contribution in [-0.2, 0) is 14.3 Å². The van der Waals surface area contributed by atoms with Gasteiger partial charge in [0.15, 0.2) is 6.29 Å². The van der Waals surface area contributed by atoms with Crippen LogP contribution in [0, 0.1) is 5.41 Å². The number of aromatic nitrogens is 2. The van der Waals surface area contributed by atoms with Crippen LogP contribution in [0.15, 0.2) is 29.4 Å². The van der Waals surface area contributed by atoms with E-state index >= 15 is 0 Å². The minimum atomic E-state index is -0.733. The summed E-state index contributed by atoms with van der Waals surface area (Å²) in [5, 5.41) is 3.52. The molecule has 3 N–H and O–H groups in total. The molecule has 11 heteroatoms. The highest BCUT2D eigenvalue weighted by atomic mass is 32.1. The first kappa shape index (κ1) is 23.4. The molecular weight excluding hydrogens is 444 g/mol. The number of ether oxygens (including phenoxy) is 2. The molecule has 0 radical (unpaired) electrons. The molecule has 2 amide bonds. The van der Waals surface area contributed by atoms with Gasteiger partial charge in [0, 0.05) is 31.4 Å². The summed E-state index contributed by atoms with van der Waals surface area (Å²) in [7, 11) is 1.60. The Hall–Kier alpha value is -2.73. The summed E-state index contributed by atoms with van der Waals surface area (Å²) in [6, 6.07) is 4.49. The lowest BCUT2D eigenvalue weighted by molar-refractivity contribution is -0.136. The molecule has 0 spiro atoms. The number of likely N-dealkylation sites (tertiary alicyclic amines) is 1. The highest BCUT2D eigenvalue weighted by molar-refractivity contribution is 7.15. The quantitative estimate of drug-likeness (QED) is 0.585. The molecule has 2 aliphatic heterocycles. The van der Waals surface area contributed by atoms with Crippen molar-refractivity contribution in [3.63, 3.8) is 0 Å².